The van der Waals surface area contributed by atoms with E-state index in [4.69, 9.17) is 61.6 Å². The lowest BCUT2D eigenvalue weighted by atomic mass is 9.93. The Balaban J connectivity index is 1.08. The van der Waals surface area contributed by atoms with Crippen LogP contribution in [0.3, 0.4) is 0 Å². The minimum absolute atomic E-state index is 0.750. The van der Waals surface area contributed by atoms with Crippen molar-refractivity contribution in [3.63, 3.8) is 0 Å². The van der Waals surface area contributed by atoms with Crippen molar-refractivity contribution >= 4 is 17.7 Å². The lowest BCUT2D eigenvalue weighted by molar-refractivity contribution is -0.379. The van der Waals surface area contributed by atoms with Gasteiger partial charge in [0.05, 0.1) is 45.7 Å². The van der Waals surface area contributed by atoms with Crippen LogP contribution < -0.4 is 16.0 Å². The van der Waals surface area contributed by atoms with Gasteiger partial charge in [-0.1, -0.05) is 0 Å². The molecule has 0 aromatic heterocycles. The van der Waals surface area contributed by atoms with E-state index in [9.17, 15) is 111 Å². The molecule has 0 spiro atoms. The van der Waals surface area contributed by atoms with Gasteiger partial charge in [-0.15, -0.1) is 0 Å². The summed E-state index contributed by atoms with van der Waals surface area (Å²) in [6.45, 7) is -1.23. The van der Waals surface area contributed by atoms with Crippen LogP contribution in [0.25, 0.3) is 0 Å². The molecule has 498 valence electrons. The summed E-state index contributed by atoms with van der Waals surface area (Å²) < 4.78 is 75.2. The van der Waals surface area contributed by atoms with Gasteiger partial charge in [0.1, 0.15) is 165 Å². The summed E-state index contributed by atoms with van der Waals surface area (Å²) >= 11 is 0. The smallest absolute Gasteiger partial charge is 0.217 e. The molecule has 0 radical (unpaired) electrons. The van der Waals surface area contributed by atoms with Crippen molar-refractivity contribution in [2.45, 2.75) is 242 Å². The second-order valence-corrected chi connectivity index (χ2v) is 21.8. The van der Waals surface area contributed by atoms with Gasteiger partial charge in [-0.25, -0.2) is 0 Å². The number of aliphatic hydroxyl groups excluding tert-OH is 19. The average Bonchev–Trinajstić information content (AvgIpc) is 1.89. The summed E-state index contributed by atoms with van der Waals surface area (Å²) in [4.78, 5) is 37.5. The molecule has 0 bridgehead atoms. The van der Waals surface area contributed by atoms with E-state index in [1.165, 1.54) is 6.92 Å². The third-order valence-electron chi connectivity index (χ3n) is 15.7. The third kappa shape index (κ3) is 15.5. The molecule has 22 N–H and O–H groups in total. The lowest BCUT2D eigenvalue weighted by Gasteiger charge is -2.50. The Bertz CT molecular complexity index is 2170. The molecule has 7 fully saturated rings. The zero-order valence-corrected chi connectivity index (χ0v) is 46.5. The molecule has 7 saturated heterocycles. The molecule has 7 aliphatic heterocycles. The van der Waals surface area contributed by atoms with E-state index in [2.05, 4.69) is 16.0 Å². The minimum Gasteiger partial charge on any atom is -0.394 e. The summed E-state index contributed by atoms with van der Waals surface area (Å²) in [5, 5.41) is 212. The summed E-state index contributed by atoms with van der Waals surface area (Å²) in [6, 6.07) is -5.20. The van der Waals surface area contributed by atoms with Gasteiger partial charge < -0.3 is 175 Å². The van der Waals surface area contributed by atoms with Gasteiger partial charge in [0, 0.05) is 20.8 Å². The molecule has 1 unspecified atom stereocenters. The summed E-state index contributed by atoms with van der Waals surface area (Å²) in [5.74, 6) is -2.47. The van der Waals surface area contributed by atoms with Crippen LogP contribution in [-0.2, 0) is 76.0 Å². The maximum Gasteiger partial charge on any atom is 0.217 e. The van der Waals surface area contributed by atoms with Crippen LogP contribution in [0.1, 0.15) is 27.7 Å². The van der Waals surface area contributed by atoms with Crippen molar-refractivity contribution in [3.8, 4) is 0 Å². The van der Waals surface area contributed by atoms with Gasteiger partial charge >= 0.3 is 0 Å². The SMILES string of the molecule is CC(=O)N[C@H]1[C@H](O[C@H]2[C@H](O)[C@@H](NC(C)=O)[C@H](O[C@@H]3[C@@H](OC[C@H]4O[C@@H](O[C@H]5[C@H](O)[C@@H](NC(C)=O)C(O)O[C@@H]5CO[C@@H]5O[C@@H](C)[C@@H](O)[C@@H](O)[C@@H]5O)[C@@H](O)[C@@H](O)[C@@H]4O)O[C@H](CO)[C@@H](O)[C@@H]3O)O[C@@H]2CO)O[C@H](CO)[C@@H](O[C@@H]2O[C@H](CO)[C@H](O)[C@H](O)[C@H]2O)[C@@H]1O. The van der Waals surface area contributed by atoms with Crippen molar-refractivity contribution in [1.82, 2.24) is 16.0 Å². The van der Waals surface area contributed by atoms with Crippen LogP contribution in [0.15, 0.2) is 0 Å². The van der Waals surface area contributed by atoms with E-state index in [1.54, 1.807) is 0 Å². The molecule has 0 saturated carbocycles. The third-order valence-corrected chi connectivity index (χ3v) is 15.7. The number of nitrogens with one attached hydrogen (secondary N) is 3. The van der Waals surface area contributed by atoms with E-state index in [0.717, 1.165) is 20.8 Å². The van der Waals surface area contributed by atoms with Gasteiger partial charge in [0.25, 0.3) is 0 Å². The molecule has 38 nitrogen and oxygen atoms in total. The Kier molecular flexibility index (Phi) is 25.0. The average molecular weight is 1260 g/mol. The zero-order valence-electron chi connectivity index (χ0n) is 46.5. The highest BCUT2D eigenvalue weighted by molar-refractivity contribution is 5.74. The number of hydrogen-bond donors (Lipinski definition) is 22. The standard InChI is InChI=1S/C48H81N3O35/c1-11-24(59)31(66)35(70)45(76-11)74-10-20-40(28(63)21(42(73)77-20)49-12(2)56)85-47-37(72)33(68)27(62)19(82-47)9-75-48-41(34(69)26(61)16(6-53)79-48)86-44-23(51-14(4)58)29(64)38(17(7-54)81-44)83-43-22(50-13(3)57)30(65)39(18(8-55)80-43)84-46-36(71)32(67)25(60)15(5-52)78-46/h11,15-48,52-55,59-73H,5-10H2,1-4H3,(H,49,56)(H,50,57)(H,51,58)/t11-,15+,16+,17+,18+,19+,20+,21+,22+,23+,24+,25-,26+,27+,28+,29+,30+,31+,32-,33-,34-,35-,36+,37-,38+,39+,40+,41-,42?,43-,44-,45+,46-,47-,48-/m0/s1. The fraction of sp³-hybridized carbons (Fsp3) is 0.938. The monoisotopic (exact) mass is 1260 g/mol. The van der Waals surface area contributed by atoms with Gasteiger partial charge in [0.15, 0.2) is 44.0 Å². The van der Waals surface area contributed by atoms with Crippen molar-refractivity contribution in [3.05, 3.63) is 0 Å². The molecule has 0 aromatic carbocycles. The summed E-state index contributed by atoms with van der Waals surface area (Å²) in [7, 11) is 0. The highest BCUT2D eigenvalue weighted by Gasteiger charge is 2.58. The van der Waals surface area contributed by atoms with Crippen molar-refractivity contribution in [1.29, 1.82) is 0 Å². The van der Waals surface area contributed by atoms with E-state index < -0.39 is 272 Å². The van der Waals surface area contributed by atoms with Crippen molar-refractivity contribution in [2.75, 3.05) is 39.6 Å². The summed E-state index contributed by atoms with van der Waals surface area (Å²) in [6.07, 6.45) is -59.6. The van der Waals surface area contributed by atoms with Crippen LogP contribution in [0.2, 0.25) is 0 Å². The van der Waals surface area contributed by atoms with Crippen LogP contribution in [0.5, 0.6) is 0 Å². The van der Waals surface area contributed by atoms with Crippen LogP contribution in [-0.4, -0.2) is 369 Å². The van der Waals surface area contributed by atoms with Crippen LogP contribution in [0.4, 0.5) is 0 Å². The second kappa shape index (κ2) is 30.5. The van der Waals surface area contributed by atoms with Crippen molar-refractivity contribution in [2.24, 2.45) is 0 Å². The Morgan fingerprint density at radius 3 is 1.14 bits per heavy atom. The molecule has 7 heterocycles. The van der Waals surface area contributed by atoms with E-state index in [0.29, 0.717) is 0 Å². The first-order chi connectivity index (χ1) is 40.6. The first kappa shape index (κ1) is 70.6. The molecular weight excluding hydrogens is 1180 g/mol. The molecule has 0 aliphatic carbocycles. The fourth-order valence-electron chi connectivity index (χ4n) is 10.9. The number of ether oxygens (including phenoxy) is 13. The lowest BCUT2D eigenvalue weighted by Crippen LogP contribution is -2.71. The van der Waals surface area contributed by atoms with E-state index >= 15 is 0 Å². The number of rotatable bonds is 21. The van der Waals surface area contributed by atoms with Crippen molar-refractivity contribution < 1.29 is 173 Å². The highest BCUT2D eigenvalue weighted by atomic mass is 16.8. The molecule has 35 atom stereocenters. The fourth-order valence-corrected chi connectivity index (χ4v) is 10.9. The van der Waals surface area contributed by atoms with Crippen LogP contribution in [0, 0.1) is 0 Å². The highest BCUT2D eigenvalue weighted by Crippen LogP contribution is 2.37. The van der Waals surface area contributed by atoms with Gasteiger partial charge in [-0.05, 0) is 6.92 Å². The number of aliphatic hydroxyl groups is 19. The van der Waals surface area contributed by atoms with Gasteiger partial charge in [0.2, 0.25) is 17.7 Å². The molecule has 38 heteroatoms. The predicted octanol–water partition coefficient (Wildman–Crippen LogP) is -14.8. The van der Waals surface area contributed by atoms with Gasteiger partial charge in [-0.2, -0.15) is 0 Å². The molecule has 7 rings (SSSR count). The molecule has 7 aliphatic rings. The quantitative estimate of drug-likeness (QED) is 0.0507. The van der Waals surface area contributed by atoms with Gasteiger partial charge in [-0.3, -0.25) is 14.4 Å². The molecule has 86 heavy (non-hydrogen) atoms. The largest absolute Gasteiger partial charge is 0.394 e. The molecule has 3 amide bonds. The van der Waals surface area contributed by atoms with E-state index in [1.807, 2.05) is 0 Å². The van der Waals surface area contributed by atoms with E-state index in [-0.39, 0.29) is 0 Å². The minimum atomic E-state index is -2.18. The second-order valence-electron chi connectivity index (χ2n) is 21.8. The number of hydrogen-bond acceptors (Lipinski definition) is 35. The predicted molar refractivity (Wildman–Crippen MR) is 265 cm³/mol. The Morgan fingerprint density at radius 2 is 0.663 bits per heavy atom. The Labute approximate surface area is 488 Å². The Hall–Kier alpha value is -2.87. The summed E-state index contributed by atoms with van der Waals surface area (Å²) in [5.41, 5.74) is 0. The maximum absolute atomic E-state index is 12.8. The Morgan fingerprint density at radius 1 is 0.326 bits per heavy atom. The number of carbonyl (C=O) groups excluding carboxylic acids is 3. The first-order valence-corrected chi connectivity index (χ1v) is 27.5. The first-order valence-electron chi connectivity index (χ1n) is 27.5. The normalized spacial score (nSPS) is 49.4. The molecule has 0 aromatic rings. The number of amides is 3. The van der Waals surface area contributed by atoms with Crippen LogP contribution >= 0.6 is 0 Å². The number of carbonyl (C=O) groups is 3. The molecular formula is C48H81N3O35. The topological polar surface area (TPSA) is 592 Å². The maximum atomic E-state index is 12.8. The zero-order chi connectivity index (χ0) is 63.5.